The topological polar surface area (TPSA) is 21.4 Å². The van der Waals surface area contributed by atoms with Gasteiger partial charge in [0.1, 0.15) is 18.2 Å². The monoisotopic (exact) mass is 381 g/mol. The third-order valence-electron chi connectivity index (χ3n) is 6.45. The maximum Gasteiger partial charge on any atom is 0.212 e. The summed E-state index contributed by atoms with van der Waals surface area (Å²) >= 11 is 0. The van der Waals surface area contributed by atoms with E-state index in [1.54, 1.807) is 0 Å². The molecule has 0 N–H and O–H groups in total. The molecular weight excluding hydrogens is 356 g/mol. The molecule has 3 heteroatoms. The number of pyridine rings is 1. The summed E-state index contributed by atoms with van der Waals surface area (Å²) in [5, 5.41) is 1.99. The van der Waals surface area contributed by atoms with Gasteiger partial charge in [-0.25, -0.2) is 9.41 Å². The van der Waals surface area contributed by atoms with Crippen LogP contribution in [-0.4, -0.2) is 0 Å². The van der Waals surface area contributed by atoms with Gasteiger partial charge in [0, 0.05) is 28.5 Å². The maximum absolute atomic E-state index is 7.82. The van der Waals surface area contributed by atoms with Gasteiger partial charge in [0.25, 0.3) is 0 Å². The van der Waals surface area contributed by atoms with Crippen LogP contribution < -0.4 is 4.57 Å². The Labute approximate surface area is 171 Å². The summed E-state index contributed by atoms with van der Waals surface area (Å²) in [6.07, 6.45) is 8.40. The molecule has 4 aromatic rings. The fourth-order valence-electron chi connectivity index (χ4n) is 4.89. The molecule has 1 fully saturated rings. The van der Waals surface area contributed by atoms with Crippen molar-refractivity contribution in [2.45, 2.75) is 44.9 Å². The lowest BCUT2D eigenvalue weighted by Crippen LogP contribution is -2.30. The lowest BCUT2D eigenvalue weighted by molar-refractivity contribution is -0.660. The molecular formula is C26H25N2O+. The Kier molecular flexibility index (Phi) is 4.36. The lowest BCUT2D eigenvalue weighted by atomic mass is 9.83. The molecule has 0 atom stereocenters. The first kappa shape index (κ1) is 17.9. The van der Waals surface area contributed by atoms with Crippen LogP contribution in [0.5, 0.6) is 0 Å². The van der Waals surface area contributed by atoms with E-state index in [1.807, 2.05) is 6.07 Å². The standard InChI is InChI=1S/C26H25N2O/c1-17-13-24-21(16-20(17)23-11-7-8-12-28(23)3)26-22(27-2)14-19(15-25(26)29-24)18-9-5-4-6-10-18/h7-8,11-16,18H,4-6,9-10H2,1,3H3/q+1. The van der Waals surface area contributed by atoms with E-state index in [2.05, 4.69) is 66.0 Å². The summed E-state index contributed by atoms with van der Waals surface area (Å²) in [5.74, 6) is 0.558. The van der Waals surface area contributed by atoms with E-state index in [1.165, 1.54) is 48.8 Å². The molecule has 2 aromatic heterocycles. The number of furan rings is 1. The van der Waals surface area contributed by atoms with Crippen LogP contribution in [-0.2, 0) is 7.05 Å². The summed E-state index contributed by atoms with van der Waals surface area (Å²) in [7, 11) is 2.06. The van der Waals surface area contributed by atoms with Crippen LogP contribution in [0, 0.1) is 13.5 Å². The van der Waals surface area contributed by atoms with Gasteiger partial charge in [0.15, 0.2) is 11.9 Å². The molecule has 2 heterocycles. The van der Waals surface area contributed by atoms with E-state index in [0.29, 0.717) is 11.6 Å². The predicted octanol–water partition coefficient (Wildman–Crippen LogP) is 6.98. The first-order valence-electron chi connectivity index (χ1n) is 10.5. The molecule has 0 saturated heterocycles. The van der Waals surface area contributed by atoms with Crippen molar-refractivity contribution in [3.63, 3.8) is 0 Å². The van der Waals surface area contributed by atoms with Gasteiger partial charge in [0.05, 0.1) is 6.57 Å². The van der Waals surface area contributed by atoms with Crippen molar-refractivity contribution in [2.75, 3.05) is 0 Å². The second-order valence-electron chi connectivity index (χ2n) is 8.32. The normalized spacial score (nSPS) is 15.1. The minimum absolute atomic E-state index is 0.558. The fraction of sp³-hybridized carbons (Fsp3) is 0.308. The molecule has 1 saturated carbocycles. The van der Waals surface area contributed by atoms with Gasteiger partial charge in [-0.1, -0.05) is 30.9 Å². The smallest absolute Gasteiger partial charge is 0.212 e. The Balaban J connectivity index is 1.74. The molecule has 0 radical (unpaired) electrons. The van der Waals surface area contributed by atoms with Gasteiger partial charge in [-0.05, 0) is 55.5 Å². The molecule has 5 rings (SSSR count). The molecule has 29 heavy (non-hydrogen) atoms. The largest absolute Gasteiger partial charge is 0.457 e. The van der Waals surface area contributed by atoms with Crippen molar-refractivity contribution in [1.82, 2.24) is 0 Å². The average molecular weight is 381 g/mol. The second-order valence-corrected chi connectivity index (χ2v) is 8.32. The molecule has 2 aromatic carbocycles. The van der Waals surface area contributed by atoms with E-state index in [0.717, 1.165) is 27.6 Å². The number of hydrogen-bond donors (Lipinski definition) is 0. The molecule has 0 bridgehead atoms. The van der Waals surface area contributed by atoms with Gasteiger partial charge in [-0.2, -0.15) is 0 Å². The summed E-state index contributed by atoms with van der Waals surface area (Å²) in [5.41, 5.74) is 7.21. The number of rotatable bonds is 2. The Morgan fingerprint density at radius 2 is 1.86 bits per heavy atom. The van der Waals surface area contributed by atoms with E-state index >= 15 is 0 Å². The van der Waals surface area contributed by atoms with Gasteiger partial charge >= 0.3 is 0 Å². The van der Waals surface area contributed by atoms with E-state index in [9.17, 15) is 0 Å². The number of fused-ring (bicyclic) bond motifs is 3. The molecule has 1 aliphatic rings. The van der Waals surface area contributed by atoms with Crippen LogP contribution in [0.4, 0.5) is 5.69 Å². The van der Waals surface area contributed by atoms with Crippen LogP contribution in [0.25, 0.3) is 38.0 Å². The second kappa shape index (κ2) is 7.04. The average Bonchev–Trinajstić information content (AvgIpc) is 3.10. The molecule has 3 nitrogen and oxygen atoms in total. The molecule has 1 aliphatic carbocycles. The van der Waals surface area contributed by atoms with Gasteiger partial charge < -0.3 is 4.42 Å². The summed E-state index contributed by atoms with van der Waals surface area (Å²) in [6, 6.07) is 14.8. The summed E-state index contributed by atoms with van der Waals surface area (Å²) in [6.45, 7) is 9.95. The molecule has 0 unspecified atom stereocenters. The van der Waals surface area contributed by atoms with Crippen molar-refractivity contribution in [2.24, 2.45) is 7.05 Å². The highest BCUT2D eigenvalue weighted by Crippen LogP contribution is 2.42. The number of hydrogen-bond acceptors (Lipinski definition) is 1. The van der Waals surface area contributed by atoms with Crippen molar-refractivity contribution in [3.8, 4) is 11.3 Å². The Morgan fingerprint density at radius 3 is 2.62 bits per heavy atom. The van der Waals surface area contributed by atoms with E-state index in [-0.39, 0.29) is 0 Å². The quantitative estimate of drug-likeness (QED) is 0.271. The third-order valence-corrected chi connectivity index (χ3v) is 6.45. The number of aromatic nitrogens is 1. The van der Waals surface area contributed by atoms with Crippen LogP contribution in [0.2, 0.25) is 0 Å². The fourth-order valence-corrected chi connectivity index (χ4v) is 4.89. The molecule has 0 aliphatic heterocycles. The van der Waals surface area contributed by atoms with E-state index < -0.39 is 0 Å². The number of aryl methyl sites for hydroxylation is 2. The van der Waals surface area contributed by atoms with E-state index in [4.69, 9.17) is 11.0 Å². The Hall–Kier alpha value is -3.12. The van der Waals surface area contributed by atoms with Gasteiger partial charge in [0.2, 0.25) is 5.69 Å². The zero-order valence-electron chi connectivity index (χ0n) is 17.0. The van der Waals surface area contributed by atoms with Crippen molar-refractivity contribution in [3.05, 3.63) is 71.2 Å². The Morgan fingerprint density at radius 1 is 1.03 bits per heavy atom. The minimum atomic E-state index is 0.558. The van der Waals surface area contributed by atoms with Crippen molar-refractivity contribution in [1.29, 1.82) is 0 Å². The zero-order chi connectivity index (χ0) is 20.0. The molecule has 0 spiro atoms. The first-order valence-corrected chi connectivity index (χ1v) is 10.5. The molecule has 0 amide bonds. The third kappa shape index (κ3) is 3.00. The first-order chi connectivity index (χ1) is 14.2. The SMILES string of the molecule is [C-]#[N+]c1cc(C2CCCCC2)cc2oc3cc(C)c(-c4cccc[n+]4C)cc3c12. The highest BCUT2D eigenvalue weighted by Gasteiger charge is 2.21. The van der Waals surface area contributed by atoms with Crippen LogP contribution in [0.15, 0.2) is 53.1 Å². The summed E-state index contributed by atoms with van der Waals surface area (Å²) < 4.78 is 8.41. The predicted molar refractivity (Wildman–Crippen MR) is 117 cm³/mol. The Bertz CT molecular complexity index is 1270. The summed E-state index contributed by atoms with van der Waals surface area (Å²) in [4.78, 5) is 3.90. The lowest BCUT2D eigenvalue weighted by Gasteiger charge is -2.22. The van der Waals surface area contributed by atoms with Gasteiger partial charge in [-0.15, -0.1) is 0 Å². The van der Waals surface area contributed by atoms with Crippen LogP contribution >= 0.6 is 0 Å². The van der Waals surface area contributed by atoms with Crippen LogP contribution in [0.3, 0.4) is 0 Å². The highest BCUT2D eigenvalue weighted by atomic mass is 16.3. The highest BCUT2D eigenvalue weighted by molar-refractivity contribution is 6.13. The van der Waals surface area contributed by atoms with Gasteiger partial charge in [-0.3, -0.25) is 0 Å². The maximum atomic E-state index is 7.82. The molecule has 144 valence electrons. The minimum Gasteiger partial charge on any atom is -0.457 e. The number of benzene rings is 2. The van der Waals surface area contributed by atoms with Crippen molar-refractivity contribution >= 4 is 27.6 Å². The van der Waals surface area contributed by atoms with Crippen LogP contribution in [0.1, 0.15) is 49.1 Å². The number of nitrogens with zero attached hydrogens (tertiary/aromatic N) is 2. The van der Waals surface area contributed by atoms with Crippen molar-refractivity contribution < 1.29 is 8.98 Å². The zero-order valence-corrected chi connectivity index (χ0v) is 17.0.